The minimum Gasteiger partial charge on any atom is -0.452 e. The van der Waals surface area contributed by atoms with E-state index in [9.17, 15) is 9.59 Å². The number of amides is 1. The number of para-hydroxylation sites is 1. The van der Waals surface area contributed by atoms with Crippen molar-refractivity contribution in [1.29, 1.82) is 0 Å². The molecule has 0 unspecified atom stereocenters. The first-order valence-corrected chi connectivity index (χ1v) is 10.2. The molecule has 0 radical (unpaired) electrons. The lowest BCUT2D eigenvalue weighted by atomic mass is 10.1. The summed E-state index contributed by atoms with van der Waals surface area (Å²) in [7, 11) is 0. The Kier molecular flexibility index (Phi) is 7.01. The van der Waals surface area contributed by atoms with Gasteiger partial charge in [-0.05, 0) is 56.5 Å². The third-order valence-electron chi connectivity index (χ3n) is 4.89. The van der Waals surface area contributed by atoms with E-state index < -0.39 is 5.97 Å². The van der Waals surface area contributed by atoms with Crippen LogP contribution in [-0.2, 0) is 16.0 Å². The van der Waals surface area contributed by atoms with E-state index in [-0.39, 0.29) is 12.5 Å². The van der Waals surface area contributed by atoms with Gasteiger partial charge in [0.05, 0.1) is 17.1 Å². The summed E-state index contributed by atoms with van der Waals surface area (Å²) in [6, 6.07) is 17.3. The summed E-state index contributed by atoms with van der Waals surface area (Å²) in [5.74, 6) is -0.937. The van der Waals surface area contributed by atoms with Crippen molar-refractivity contribution < 1.29 is 14.3 Å². The SMILES string of the molecule is CCCCc1ccc(NC(=O)COC(=O)c2c(C)nn(-c3ccccc3)c2C)cc1. The topological polar surface area (TPSA) is 73.2 Å². The maximum Gasteiger partial charge on any atom is 0.342 e. The zero-order valence-corrected chi connectivity index (χ0v) is 17.6. The maximum atomic E-state index is 12.6. The Bertz CT molecular complexity index is 1010. The predicted octanol–water partition coefficient (Wildman–Crippen LogP) is 4.63. The van der Waals surface area contributed by atoms with E-state index in [0.717, 1.165) is 24.9 Å². The molecular weight excluding hydrogens is 378 g/mol. The van der Waals surface area contributed by atoms with Gasteiger partial charge in [-0.3, -0.25) is 4.79 Å². The number of carbonyl (C=O) groups is 2. The molecule has 1 aromatic heterocycles. The number of hydrogen-bond donors (Lipinski definition) is 1. The van der Waals surface area contributed by atoms with Gasteiger partial charge in [0.25, 0.3) is 5.91 Å². The number of benzene rings is 2. The number of ether oxygens (including phenoxy) is 1. The summed E-state index contributed by atoms with van der Waals surface area (Å²) in [5, 5.41) is 7.20. The summed E-state index contributed by atoms with van der Waals surface area (Å²) in [6.45, 7) is 5.37. The van der Waals surface area contributed by atoms with Gasteiger partial charge in [-0.2, -0.15) is 5.10 Å². The van der Waals surface area contributed by atoms with Crippen LogP contribution in [0.3, 0.4) is 0 Å². The van der Waals surface area contributed by atoms with Crippen LogP contribution in [-0.4, -0.2) is 28.3 Å². The minimum atomic E-state index is -0.558. The first-order chi connectivity index (χ1) is 14.5. The van der Waals surface area contributed by atoms with Crippen molar-refractivity contribution in [2.24, 2.45) is 0 Å². The summed E-state index contributed by atoms with van der Waals surface area (Å²) in [6.07, 6.45) is 3.31. The highest BCUT2D eigenvalue weighted by Crippen LogP contribution is 2.19. The van der Waals surface area contributed by atoms with Crippen LogP contribution in [0.5, 0.6) is 0 Å². The number of aromatic nitrogens is 2. The molecule has 0 aliphatic rings. The molecule has 1 N–H and O–H groups in total. The minimum absolute atomic E-state index is 0.355. The third-order valence-corrected chi connectivity index (χ3v) is 4.89. The zero-order valence-electron chi connectivity index (χ0n) is 17.6. The fraction of sp³-hybridized carbons (Fsp3) is 0.292. The van der Waals surface area contributed by atoms with Gasteiger partial charge < -0.3 is 10.1 Å². The Hall–Kier alpha value is -3.41. The molecule has 0 bridgehead atoms. The van der Waals surface area contributed by atoms with E-state index in [0.29, 0.717) is 22.6 Å². The first kappa shape index (κ1) is 21.3. The highest BCUT2D eigenvalue weighted by Gasteiger charge is 2.21. The first-order valence-electron chi connectivity index (χ1n) is 10.2. The van der Waals surface area contributed by atoms with Crippen molar-refractivity contribution in [3.63, 3.8) is 0 Å². The van der Waals surface area contributed by atoms with Crippen LogP contribution in [0, 0.1) is 13.8 Å². The number of nitrogens with zero attached hydrogens (tertiary/aromatic N) is 2. The van der Waals surface area contributed by atoms with Crippen LogP contribution >= 0.6 is 0 Å². The monoisotopic (exact) mass is 405 g/mol. The summed E-state index contributed by atoms with van der Waals surface area (Å²) in [5.41, 5.74) is 4.39. The molecule has 0 aliphatic heterocycles. The molecule has 0 spiro atoms. The van der Waals surface area contributed by atoms with Crippen molar-refractivity contribution in [3.8, 4) is 5.69 Å². The van der Waals surface area contributed by atoms with Gasteiger partial charge >= 0.3 is 5.97 Å². The van der Waals surface area contributed by atoms with Gasteiger partial charge in [-0.15, -0.1) is 0 Å². The Labute approximate surface area is 176 Å². The third kappa shape index (κ3) is 5.14. The molecule has 156 valence electrons. The normalized spacial score (nSPS) is 10.6. The Morgan fingerprint density at radius 2 is 1.73 bits per heavy atom. The molecule has 0 saturated carbocycles. The van der Waals surface area contributed by atoms with Crippen LogP contribution in [0.2, 0.25) is 0 Å². The molecule has 0 aliphatic carbocycles. The highest BCUT2D eigenvalue weighted by molar-refractivity contribution is 5.96. The molecule has 6 heteroatoms. The van der Waals surface area contributed by atoms with Crippen molar-refractivity contribution in [1.82, 2.24) is 9.78 Å². The summed E-state index contributed by atoms with van der Waals surface area (Å²) < 4.78 is 6.95. The molecule has 6 nitrogen and oxygen atoms in total. The lowest BCUT2D eigenvalue weighted by Gasteiger charge is -2.08. The standard InChI is InChI=1S/C24H27N3O3/c1-4-5-9-19-12-14-20(15-13-19)25-22(28)16-30-24(29)23-17(2)26-27(18(23)3)21-10-7-6-8-11-21/h6-8,10-15H,4-5,9,16H2,1-3H3,(H,25,28). The van der Waals surface area contributed by atoms with Crippen LogP contribution in [0.25, 0.3) is 5.69 Å². The highest BCUT2D eigenvalue weighted by atomic mass is 16.5. The molecule has 0 saturated heterocycles. The number of rotatable bonds is 8. The van der Waals surface area contributed by atoms with Crippen LogP contribution in [0.15, 0.2) is 54.6 Å². The number of esters is 1. The molecule has 1 heterocycles. The van der Waals surface area contributed by atoms with Crippen molar-refractivity contribution in [2.75, 3.05) is 11.9 Å². The van der Waals surface area contributed by atoms with Crippen LogP contribution in [0.4, 0.5) is 5.69 Å². The average molecular weight is 405 g/mol. The summed E-state index contributed by atoms with van der Waals surface area (Å²) in [4.78, 5) is 24.8. The fourth-order valence-corrected chi connectivity index (χ4v) is 3.29. The molecule has 30 heavy (non-hydrogen) atoms. The van der Waals surface area contributed by atoms with E-state index in [1.54, 1.807) is 11.6 Å². The predicted molar refractivity (Wildman–Crippen MR) is 117 cm³/mol. The van der Waals surface area contributed by atoms with Gasteiger partial charge in [-0.25, -0.2) is 9.48 Å². The van der Waals surface area contributed by atoms with E-state index in [1.807, 2.05) is 61.5 Å². The second-order valence-corrected chi connectivity index (χ2v) is 7.22. The van der Waals surface area contributed by atoms with Crippen LogP contribution in [0.1, 0.15) is 47.1 Å². The van der Waals surface area contributed by atoms with Crippen molar-refractivity contribution in [3.05, 3.63) is 77.1 Å². The molecule has 0 fully saturated rings. The smallest absolute Gasteiger partial charge is 0.342 e. The number of anilines is 1. The van der Waals surface area contributed by atoms with Gasteiger partial charge in [0.2, 0.25) is 0 Å². The second-order valence-electron chi connectivity index (χ2n) is 7.22. The number of carbonyl (C=O) groups excluding carboxylic acids is 2. The number of aryl methyl sites for hydroxylation is 2. The lowest BCUT2D eigenvalue weighted by molar-refractivity contribution is -0.119. The van der Waals surface area contributed by atoms with Crippen molar-refractivity contribution >= 4 is 17.6 Å². The van der Waals surface area contributed by atoms with Crippen LogP contribution < -0.4 is 5.32 Å². The lowest BCUT2D eigenvalue weighted by Crippen LogP contribution is -2.21. The van der Waals surface area contributed by atoms with Gasteiger partial charge in [0, 0.05) is 5.69 Å². The van der Waals surface area contributed by atoms with E-state index in [4.69, 9.17) is 4.74 Å². The largest absolute Gasteiger partial charge is 0.452 e. The fourth-order valence-electron chi connectivity index (χ4n) is 3.29. The molecule has 1 amide bonds. The van der Waals surface area contributed by atoms with Crippen molar-refractivity contribution in [2.45, 2.75) is 40.0 Å². The van der Waals surface area contributed by atoms with E-state index in [1.165, 1.54) is 5.56 Å². The second kappa shape index (κ2) is 9.87. The Morgan fingerprint density at radius 3 is 2.40 bits per heavy atom. The average Bonchev–Trinajstić information content (AvgIpc) is 3.06. The molecule has 2 aromatic carbocycles. The summed E-state index contributed by atoms with van der Waals surface area (Å²) >= 11 is 0. The van der Waals surface area contributed by atoms with E-state index in [2.05, 4.69) is 17.3 Å². The number of hydrogen-bond acceptors (Lipinski definition) is 4. The molecule has 3 aromatic rings. The Morgan fingerprint density at radius 1 is 1.03 bits per heavy atom. The zero-order chi connectivity index (χ0) is 21.5. The van der Waals surface area contributed by atoms with E-state index >= 15 is 0 Å². The number of unbranched alkanes of at least 4 members (excludes halogenated alkanes) is 1. The molecular formula is C24H27N3O3. The Balaban J connectivity index is 1.59. The van der Waals surface area contributed by atoms with Gasteiger partial charge in [0.15, 0.2) is 6.61 Å². The quantitative estimate of drug-likeness (QED) is 0.555. The molecule has 0 atom stereocenters. The van der Waals surface area contributed by atoms with Gasteiger partial charge in [0.1, 0.15) is 5.56 Å². The molecule has 3 rings (SSSR count). The maximum absolute atomic E-state index is 12.6. The van der Waals surface area contributed by atoms with Gasteiger partial charge in [-0.1, -0.05) is 43.7 Å². The number of nitrogens with one attached hydrogen (secondary N) is 1.